The van der Waals surface area contributed by atoms with E-state index in [1.54, 1.807) is 13.2 Å². The van der Waals surface area contributed by atoms with Gasteiger partial charge in [-0.15, -0.1) is 0 Å². The Hall–Kier alpha value is -2.20. The Bertz CT molecular complexity index is 776. The number of carbonyl (C=O) groups is 1. The van der Waals surface area contributed by atoms with Crippen molar-refractivity contribution in [1.29, 1.82) is 0 Å². The van der Waals surface area contributed by atoms with E-state index in [0.717, 1.165) is 29.0 Å². The molecule has 25 heavy (non-hydrogen) atoms. The van der Waals surface area contributed by atoms with Crippen LogP contribution in [0.15, 0.2) is 36.4 Å². The van der Waals surface area contributed by atoms with Crippen molar-refractivity contribution in [2.45, 2.75) is 19.8 Å². The number of benzene rings is 2. The van der Waals surface area contributed by atoms with Gasteiger partial charge in [0.1, 0.15) is 18.1 Å². The first-order valence-electron chi connectivity index (χ1n) is 8.39. The van der Waals surface area contributed by atoms with Crippen LogP contribution in [0.25, 0.3) is 0 Å². The second-order valence-corrected chi connectivity index (χ2v) is 6.76. The summed E-state index contributed by atoms with van der Waals surface area (Å²) in [5, 5.41) is 3.67. The number of ether oxygens (including phenoxy) is 2. The minimum atomic E-state index is -0.189. The van der Waals surface area contributed by atoms with Gasteiger partial charge in [-0.3, -0.25) is 4.79 Å². The number of methoxy groups -OCH3 is 1. The second-order valence-electron chi connectivity index (χ2n) is 6.32. The monoisotopic (exact) mass is 359 g/mol. The fourth-order valence-electron chi connectivity index (χ4n) is 3.10. The van der Waals surface area contributed by atoms with Gasteiger partial charge in [0.15, 0.2) is 0 Å². The smallest absolute Gasteiger partial charge is 0.226 e. The number of carbonyl (C=O) groups excluding carboxylic acids is 1. The average molecular weight is 360 g/mol. The predicted octanol–water partition coefficient (Wildman–Crippen LogP) is 3.57. The van der Waals surface area contributed by atoms with Gasteiger partial charge in [-0.2, -0.15) is 0 Å². The minimum absolute atomic E-state index is 0.0113. The van der Waals surface area contributed by atoms with Gasteiger partial charge in [-0.25, -0.2) is 0 Å². The third-order valence-electron chi connectivity index (χ3n) is 4.43. The lowest BCUT2D eigenvalue weighted by molar-refractivity contribution is -0.126. The molecule has 0 radical (unpaired) electrons. The van der Waals surface area contributed by atoms with E-state index in [1.165, 1.54) is 5.56 Å². The quantitative estimate of drug-likeness (QED) is 0.887. The number of amides is 1. The Morgan fingerprint density at radius 1 is 1.32 bits per heavy atom. The molecular formula is C20H22ClNO3. The maximum atomic E-state index is 12.4. The van der Waals surface area contributed by atoms with Gasteiger partial charge < -0.3 is 14.8 Å². The van der Waals surface area contributed by atoms with Crippen molar-refractivity contribution in [3.05, 3.63) is 58.1 Å². The lowest BCUT2D eigenvalue weighted by Gasteiger charge is -2.24. The van der Waals surface area contributed by atoms with Crippen molar-refractivity contribution in [1.82, 2.24) is 5.32 Å². The summed E-state index contributed by atoms with van der Waals surface area (Å²) < 4.78 is 11.1. The minimum Gasteiger partial charge on any atom is -0.496 e. The lowest BCUT2D eigenvalue weighted by Crippen LogP contribution is -2.38. The number of halogens is 1. The average Bonchev–Trinajstić information content (AvgIpc) is 2.61. The first-order chi connectivity index (χ1) is 12.1. The van der Waals surface area contributed by atoms with Crippen molar-refractivity contribution in [3.63, 3.8) is 0 Å². The van der Waals surface area contributed by atoms with E-state index in [9.17, 15) is 4.79 Å². The van der Waals surface area contributed by atoms with E-state index in [-0.39, 0.29) is 11.8 Å². The summed E-state index contributed by atoms with van der Waals surface area (Å²) in [5.74, 6) is 1.49. The highest BCUT2D eigenvalue weighted by Crippen LogP contribution is 2.29. The van der Waals surface area contributed by atoms with Crippen LogP contribution in [0.2, 0.25) is 5.02 Å². The third kappa shape index (κ3) is 4.26. The number of hydrogen-bond donors (Lipinski definition) is 1. The summed E-state index contributed by atoms with van der Waals surface area (Å²) >= 11 is 6.03. The Kier molecular flexibility index (Phi) is 5.49. The van der Waals surface area contributed by atoms with Crippen LogP contribution in [-0.2, 0) is 17.6 Å². The van der Waals surface area contributed by atoms with Crippen LogP contribution in [0, 0.1) is 12.8 Å². The molecule has 0 spiro atoms. The topological polar surface area (TPSA) is 47.6 Å². The Labute approximate surface area is 153 Å². The van der Waals surface area contributed by atoms with Gasteiger partial charge in [0.05, 0.1) is 13.0 Å². The molecule has 0 unspecified atom stereocenters. The maximum absolute atomic E-state index is 12.4. The highest BCUT2D eigenvalue weighted by molar-refractivity contribution is 6.30. The summed E-state index contributed by atoms with van der Waals surface area (Å²) in [4.78, 5) is 12.4. The molecule has 1 N–H and O–H groups in total. The molecule has 0 fully saturated rings. The van der Waals surface area contributed by atoms with Crippen LogP contribution < -0.4 is 14.8 Å². The zero-order valence-electron chi connectivity index (χ0n) is 14.5. The molecule has 0 aromatic heterocycles. The van der Waals surface area contributed by atoms with Gasteiger partial charge in [0, 0.05) is 11.6 Å². The lowest BCUT2D eigenvalue weighted by atomic mass is 9.96. The van der Waals surface area contributed by atoms with E-state index < -0.39 is 0 Å². The number of rotatable bonds is 5. The zero-order valence-corrected chi connectivity index (χ0v) is 15.2. The largest absolute Gasteiger partial charge is 0.496 e. The molecule has 3 rings (SSSR count). The number of hydrogen-bond acceptors (Lipinski definition) is 3. The summed E-state index contributed by atoms with van der Waals surface area (Å²) in [6.07, 6.45) is 1.38. The van der Waals surface area contributed by atoms with Crippen molar-refractivity contribution < 1.29 is 14.3 Å². The standard InChI is InChI=1S/C20H22ClNO3/c1-13-3-5-18(24-2)14(9-13)7-8-22-20(23)16-10-15-11-17(21)4-6-19(15)25-12-16/h3-6,9,11,16H,7-8,10,12H2,1-2H3,(H,22,23)/t16-/m0/s1. The zero-order chi connectivity index (χ0) is 17.8. The molecular weight excluding hydrogens is 338 g/mol. The SMILES string of the molecule is COc1ccc(C)cc1CCNC(=O)[C@@H]1COc2ccc(Cl)cc2C1. The highest BCUT2D eigenvalue weighted by Gasteiger charge is 2.25. The molecule has 0 aliphatic carbocycles. The molecule has 1 aliphatic rings. The molecule has 0 saturated carbocycles. The highest BCUT2D eigenvalue weighted by atomic mass is 35.5. The van der Waals surface area contributed by atoms with Crippen LogP contribution in [0.3, 0.4) is 0 Å². The van der Waals surface area contributed by atoms with Crippen molar-refractivity contribution in [2.75, 3.05) is 20.3 Å². The summed E-state index contributed by atoms with van der Waals surface area (Å²) in [6, 6.07) is 11.6. The van der Waals surface area contributed by atoms with E-state index in [4.69, 9.17) is 21.1 Å². The molecule has 2 aromatic rings. The maximum Gasteiger partial charge on any atom is 0.226 e. The van der Waals surface area contributed by atoms with E-state index in [0.29, 0.717) is 24.6 Å². The molecule has 1 atom stereocenters. The fourth-order valence-corrected chi connectivity index (χ4v) is 3.29. The normalized spacial score (nSPS) is 15.9. The molecule has 2 aromatic carbocycles. The van der Waals surface area contributed by atoms with Gasteiger partial charge in [-0.1, -0.05) is 29.3 Å². The van der Waals surface area contributed by atoms with Crippen molar-refractivity contribution in [3.8, 4) is 11.5 Å². The van der Waals surface area contributed by atoms with Crippen molar-refractivity contribution in [2.24, 2.45) is 5.92 Å². The van der Waals surface area contributed by atoms with Gasteiger partial charge in [0.2, 0.25) is 5.91 Å². The summed E-state index contributed by atoms with van der Waals surface area (Å²) in [5.41, 5.74) is 3.26. The van der Waals surface area contributed by atoms with E-state index in [1.807, 2.05) is 31.2 Å². The Balaban J connectivity index is 1.56. The van der Waals surface area contributed by atoms with Gasteiger partial charge in [-0.05, 0) is 55.2 Å². The molecule has 1 aliphatic heterocycles. The van der Waals surface area contributed by atoms with Crippen LogP contribution in [0.5, 0.6) is 11.5 Å². The number of fused-ring (bicyclic) bond motifs is 1. The fraction of sp³-hybridized carbons (Fsp3) is 0.350. The number of nitrogens with one attached hydrogen (secondary N) is 1. The first kappa shape index (κ1) is 17.6. The molecule has 0 saturated heterocycles. The van der Waals surface area contributed by atoms with Crippen LogP contribution >= 0.6 is 11.6 Å². The number of aryl methyl sites for hydroxylation is 1. The van der Waals surface area contributed by atoms with Gasteiger partial charge in [0.25, 0.3) is 0 Å². The van der Waals surface area contributed by atoms with Gasteiger partial charge >= 0.3 is 0 Å². The second kappa shape index (κ2) is 7.79. The molecule has 0 bridgehead atoms. The predicted molar refractivity (Wildman–Crippen MR) is 98.6 cm³/mol. The Morgan fingerprint density at radius 3 is 2.96 bits per heavy atom. The Morgan fingerprint density at radius 2 is 2.16 bits per heavy atom. The summed E-state index contributed by atoms with van der Waals surface area (Å²) in [6.45, 7) is 3.01. The van der Waals surface area contributed by atoms with E-state index in [2.05, 4.69) is 11.4 Å². The van der Waals surface area contributed by atoms with E-state index >= 15 is 0 Å². The van der Waals surface area contributed by atoms with Crippen LogP contribution in [-0.4, -0.2) is 26.2 Å². The summed E-state index contributed by atoms with van der Waals surface area (Å²) in [7, 11) is 1.66. The molecule has 1 amide bonds. The third-order valence-corrected chi connectivity index (χ3v) is 4.66. The van der Waals surface area contributed by atoms with Crippen LogP contribution in [0.1, 0.15) is 16.7 Å². The van der Waals surface area contributed by atoms with Crippen LogP contribution in [0.4, 0.5) is 0 Å². The molecule has 132 valence electrons. The molecule has 4 nitrogen and oxygen atoms in total. The molecule has 1 heterocycles. The first-order valence-corrected chi connectivity index (χ1v) is 8.77. The molecule has 5 heteroatoms. The van der Waals surface area contributed by atoms with Crippen molar-refractivity contribution >= 4 is 17.5 Å².